The van der Waals surface area contributed by atoms with Gasteiger partial charge in [0.15, 0.2) is 0 Å². The van der Waals surface area contributed by atoms with Crippen molar-refractivity contribution in [2.75, 3.05) is 19.8 Å². The molecule has 2 fully saturated rings. The number of ether oxygens (including phenoxy) is 1. The lowest BCUT2D eigenvalue weighted by molar-refractivity contribution is -0.0265. The molecule has 3 atom stereocenters. The van der Waals surface area contributed by atoms with E-state index in [1.165, 1.54) is 0 Å². The molecular weight excluding hydrogens is 142 g/mol. The van der Waals surface area contributed by atoms with E-state index < -0.39 is 0 Å². The first-order valence-corrected chi connectivity index (χ1v) is 4.37. The molecule has 0 amide bonds. The van der Waals surface area contributed by atoms with Crippen molar-refractivity contribution in [1.29, 1.82) is 0 Å². The van der Waals surface area contributed by atoms with E-state index in [0.29, 0.717) is 12.0 Å². The Bertz CT molecular complexity index is 134. The van der Waals surface area contributed by atoms with Crippen LogP contribution in [-0.4, -0.2) is 37.0 Å². The van der Waals surface area contributed by atoms with Gasteiger partial charge in [-0.25, -0.2) is 0 Å². The molecule has 0 spiro atoms. The molecule has 11 heavy (non-hydrogen) atoms. The van der Waals surface area contributed by atoms with E-state index in [2.05, 4.69) is 5.32 Å². The molecule has 0 aromatic heterocycles. The minimum Gasteiger partial charge on any atom is -0.396 e. The SMILES string of the molecule is OCC1CCC2NCCOC12. The van der Waals surface area contributed by atoms with Gasteiger partial charge in [0.2, 0.25) is 0 Å². The summed E-state index contributed by atoms with van der Waals surface area (Å²) in [6.07, 6.45) is 2.56. The summed E-state index contributed by atoms with van der Waals surface area (Å²) in [4.78, 5) is 0. The molecule has 3 nitrogen and oxygen atoms in total. The van der Waals surface area contributed by atoms with Gasteiger partial charge in [-0.3, -0.25) is 0 Å². The molecule has 1 aliphatic heterocycles. The van der Waals surface area contributed by atoms with Crippen LogP contribution in [0.25, 0.3) is 0 Å². The molecule has 64 valence electrons. The van der Waals surface area contributed by atoms with Crippen LogP contribution >= 0.6 is 0 Å². The summed E-state index contributed by atoms with van der Waals surface area (Å²) >= 11 is 0. The van der Waals surface area contributed by atoms with Gasteiger partial charge in [-0.2, -0.15) is 0 Å². The van der Waals surface area contributed by atoms with E-state index in [1.54, 1.807) is 0 Å². The van der Waals surface area contributed by atoms with E-state index in [0.717, 1.165) is 26.0 Å². The van der Waals surface area contributed by atoms with Crippen LogP contribution in [0, 0.1) is 5.92 Å². The number of fused-ring (bicyclic) bond motifs is 1. The van der Waals surface area contributed by atoms with Crippen LogP contribution < -0.4 is 5.32 Å². The molecule has 0 radical (unpaired) electrons. The van der Waals surface area contributed by atoms with Gasteiger partial charge < -0.3 is 15.2 Å². The third-order valence-electron chi connectivity index (χ3n) is 2.76. The van der Waals surface area contributed by atoms with Crippen molar-refractivity contribution in [2.24, 2.45) is 5.92 Å². The van der Waals surface area contributed by atoms with E-state index in [-0.39, 0.29) is 12.7 Å². The number of aliphatic hydroxyl groups is 1. The molecule has 0 aromatic carbocycles. The summed E-state index contributed by atoms with van der Waals surface area (Å²) in [5, 5.41) is 12.4. The van der Waals surface area contributed by atoms with Gasteiger partial charge in [-0.1, -0.05) is 0 Å². The number of hydrogen-bond donors (Lipinski definition) is 2. The summed E-state index contributed by atoms with van der Waals surface area (Å²) < 4.78 is 5.58. The highest BCUT2D eigenvalue weighted by Crippen LogP contribution is 2.29. The van der Waals surface area contributed by atoms with Crippen LogP contribution in [0.1, 0.15) is 12.8 Å². The smallest absolute Gasteiger partial charge is 0.0778 e. The molecule has 1 saturated carbocycles. The lowest BCUT2D eigenvalue weighted by Crippen LogP contribution is -2.47. The minimum absolute atomic E-state index is 0.281. The van der Waals surface area contributed by atoms with Gasteiger partial charge in [-0.05, 0) is 12.8 Å². The van der Waals surface area contributed by atoms with Gasteiger partial charge >= 0.3 is 0 Å². The maximum atomic E-state index is 9.00. The lowest BCUT2D eigenvalue weighted by atomic mass is 10.1. The van der Waals surface area contributed by atoms with Gasteiger partial charge in [0.1, 0.15) is 0 Å². The zero-order chi connectivity index (χ0) is 7.68. The van der Waals surface area contributed by atoms with Crippen LogP contribution in [0.4, 0.5) is 0 Å². The molecule has 3 unspecified atom stereocenters. The maximum absolute atomic E-state index is 9.00. The molecule has 1 aliphatic carbocycles. The first-order chi connectivity index (χ1) is 5.42. The predicted octanol–water partition coefficient (Wildman–Crippen LogP) is -0.254. The van der Waals surface area contributed by atoms with Crippen LogP contribution in [0.2, 0.25) is 0 Å². The Kier molecular flexibility index (Phi) is 2.11. The van der Waals surface area contributed by atoms with Crippen molar-refractivity contribution in [3.05, 3.63) is 0 Å². The molecule has 2 aliphatic rings. The van der Waals surface area contributed by atoms with Crippen LogP contribution in [0.5, 0.6) is 0 Å². The molecule has 1 heterocycles. The van der Waals surface area contributed by atoms with Crippen molar-refractivity contribution in [1.82, 2.24) is 5.32 Å². The fraction of sp³-hybridized carbons (Fsp3) is 1.00. The zero-order valence-electron chi connectivity index (χ0n) is 6.62. The number of rotatable bonds is 1. The van der Waals surface area contributed by atoms with Gasteiger partial charge in [0.05, 0.1) is 12.7 Å². The topological polar surface area (TPSA) is 41.5 Å². The number of nitrogens with one attached hydrogen (secondary N) is 1. The highest BCUT2D eigenvalue weighted by molar-refractivity contribution is 4.92. The highest BCUT2D eigenvalue weighted by Gasteiger charge is 2.37. The van der Waals surface area contributed by atoms with E-state index in [4.69, 9.17) is 9.84 Å². The quantitative estimate of drug-likeness (QED) is 0.551. The van der Waals surface area contributed by atoms with Crippen molar-refractivity contribution >= 4 is 0 Å². The minimum atomic E-state index is 0.281. The van der Waals surface area contributed by atoms with Crippen LogP contribution in [0.3, 0.4) is 0 Å². The summed E-state index contributed by atoms with van der Waals surface area (Å²) in [6, 6.07) is 0.515. The largest absolute Gasteiger partial charge is 0.396 e. The van der Waals surface area contributed by atoms with Crippen molar-refractivity contribution < 1.29 is 9.84 Å². The van der Waals surface area contributed by atoms with Crippen molar-refractivity contribution in [3.8, 4) is 0 Å². The number of hydrogen-bond acceptors (Lipinski definition) is 3. The average molecular weight is 157 g/mol. The normalized spacial score (nSPS) is 43.9. The molecule has 2 N–H and O–H groups in total. The Balaban J connectivity index is 1.98. The summed E-state index contributed by atoms with van der Waals surface area (Å²) in [6.45, 7) is 2.06. The summed E-state index contributed by atoms with van der Waals surface area (Å²) in [7, 11) is 0. The van der Waals surface area contributed by atoms with Crippen molar-refractivity contribution in [2.45, 2.75) is 25.0 Å². The van der Waals surface area contributed by atoms with E-state index in [1.807, 2.05) is 0 Å². The Labute approximate surface area is 66.7 Å². The second-order valence-corrected chi connectivity index (χ2v) is 3.42. The van der Waals surface area contributed by atoms with Gasteiger partial charge in [-0.15, -0.1) is 0 Å². The van der Waals surface area contributed by atoms with E-state index in [9.17, 15) is 0 Å². The van der Waals surface area contributed by atoms with Gasteiger partial charge in [0, 0.05) is 25.1 Å². The third-order valence-corrected chi connectivity index (χ3v) is 2.76. The molecule has 2 rings (SSSR count). The van der Waals surface area contributed by atoms with Gasteiger partial charge in [0.25, 0.3) is 0 Å². The Morgan fingerprint density at radius 3 is 3.18 bits per heavy atom. The predicted molar refractivity (Wildman–Crippen MR) is 41.3 cm³/mol. The second kappa shape index (κ2) is 3.09. The second-order valence-electron chi connectivity index (χ2n) is 3.42. The monoisotopic (exact) mass is 157 g/mol. The maximum Gasteiger partial charge on any atom is 0.0778 e. The fourth-order valence-electron chi connectivity index (χ4n) is 2.16. The fourth-order valence-corrected chi connectivity index (χ4v) is 2.16. The standard InChI is InChI=1S/C8H15NO2/c10-5-6-1-2-7-8(6)11-4-3-9-7/h6-10H,1-5H2. The molecule has 3 heteroatoms. The Morgan fingerprint density at radius 1 is 1.45 bits per heavy atom. The third kappa shape index (κ3) is 1.28. The summed E-state index contributed by atoms with van der Waals surface area (Å²) in [5.41, 5.74) is 0. The molecule has 0 aromatic rings. The zero-order valence-corrected chi connectivity index (χ0v) is 6.62. The average Bonchev–Trinajstić information content (AvgIpc) is 2.47. The number of aliphatic hydroxyl groups excluding tert-OH is 1. The van der Waals surface area contributed by atoms with E-state index >= 15 is 0 Å². The Hall–Kier alpha value is -0.120. The first kappa shape index (κ1) is 7.53. The van der Waals surface area contributed by atoms with Crippen molar-refractivity contribution in [3.63, 3.8) is 0 Å². The Morgan fingerprint density at radius 2 is 2.36 bits per heavy atom. The lowest BCUT2D eigenvalue weighted by Gasteiger charge is -2.29. The number of morpholine rings is 1. The summed E-state index contributed by atoms with van der Waals surface area (Å²) in [5.74, 6) is 0.382. The van der Waals surface area contributed by atoms with Crippen LogP contribution in [-0.2, 0) is 4.74 Å². The highest BCUT2D eigenvalue weighted by atomic mass is 16.5. The molecule has 1 saturated heterocycles. The first-order valence-electron chi connectivity index (χ1n) is 4.37. The van der Waals surface area contributed by atoms with Crippen LogP contribution in [0.15, 0.2) is 0 Å². The molecule has 0 bridgehead atoms. The molecular formula is C8H15NO2.